The standard InChI is InChI=1S/C15H14ClN3OS/c1-19(2)15-17-13(16)12-11(8-21-14(12)18-15)9-4-6-10(20-3)7-5-9/h4-8H,1-3H3. The Kier molecular flexibility index (Phi) is 3.69. The first-order valence-electron chi connectivity index (χ1n) is 6.36. The van der Waals surface area contributed by atoms with Crippen molar-refractivity contribution in [1.29, 1.82) is 0 Å². The van der Waals surface area contributed by atoms with Gasteiger partial charge < -0.3 is 9.64 Å². The predicted molar refractivity (Wildman–Crippen MR) is 88.7 cm³/mol. The van der Waals surface area contributed by atoms with E-state index in [4.69, 9.17) is 16.3 Å². The van der Waals surface area contributed by atoms with Gasteiger partial charge in [0.25, 0.3) is 0 Å². The van der Waals surface area contributed by atoms with E-state index in [1.807, 2.05) is 43.3 Å². The summed E-state index contributed by atoms with van der Waals surface area (Å²) in [6.07, 6.45) is 0. The summed E-state index contributed by atoms with van der Waals surface area (Å²) in [5.74, 6) is 1.45. The number of thiophene rings is 1. The molecule has 0 atom stereocenters. The molecule has 21 heavy (non-hydrogen) atoms. The van der Waals surface area contributed by atoms with Gasteiger partial charge in [-0.3, -0.25) is 0 Å². The number of nitrogens with zero attached hydrogens (tertiary/aromatic N) is 3. The van der Waals surface area contributed by atoms with Gasteiger partial charge in [0.15, 0.2) is 0 Å². The van der Waals surface area contributed by atoms with Gasteiger partial charge in [0.1, 0.15) is 15.7 Å². The molecule has 4 nitrogen and oxygen atoms in total. The van der Waals surface area contributed by atoms with Crippen molar-refractivity contribution >= 4 is 39.1 Å². The van der Waals surface area contributed by atoms with E-state index in [9.17, 15) is 0 Å². The number of aromatic nitrogens is 2. The summed E-state index contributed by atoms with van der Waals surface area (Å²) >= 11 is 7.94. The molecule has 2 heterocycles. The molecular formula is C15H14ClN3OS. The quantitative estimate of drug-likeness (QED) is 0.682. The predicted octanol–water partition coefficient (Wildman–Crippen LogP) is 4.09. The number of benzene rings is 1. The van der Waals surface area contributed by atoms with E-state index in [1.165, 1.54) is 0 Å². The lowest BCUT2D eigenvalue weighted by atomic mass is 10.1. The van der Waals surface area contributed by atoms with Crippen LogP contribution in [0.3, 0.4) is 0 Å². The molecule has 0 saturated heterocycles. The highest BCUT2D eigenvalue weighted by atomic mass is 35.5. The van der Waals surface area contributed by atoms with E-state index in [2.05, 4.69) is 15.3 Å². The molecule has 1 aromatic carbocycles. The number of ether oxygens (including phenoxy) is 1. The van der Waals surface area contributed by atoms with Gasteiger partial charge in [0.05, 0.1) is 12.5 Å². The molecule has 0 spiro atoms. The molecule has 0 unspecified atom stereocenters. The highest BCUT2D eigenvalue weighted by Gasteiger charge is 2.14. The van der Waals surface area contributed by atoms with Crippen LogP contribution in [0.15, 0.2) is 29.6 Å². The second-order valence-corrected chi connectivity index (χ2v) is 5.98. The minimum absolute atomic E-state index is 0.482. The van der Waals surface area contributed by atoms with Gasteiger partial charge in [-0.15, -0.1) is 11.3 Å². The Labute approximate surface area is 132 Å². The molecule has 3 rings (SSSR count). The number of hydrogen-bond donors (Lipinski definition) is 0. The molecule has 108 valence electrons. The molecule has 6 heteroatoms. The molecule has 0 aliphatic heterocycles. The first kappa shape index (κ1) is 14.1. The van der Waals surface area contributed by atoms with Crippen LogP contribution in [-0.4, -0.2) is 31.2 Å². The van der Waals surface area contributed by atoms with E-state index in [0.29, 0.717) is 11.1 Å². The maximum absolute atomic E-state index is 6.37. The van der Waals surface area contributed by atoms with Gasteiger partial charge in [-0.1, -0.05) is 23.7 Å². The Bertz CT molecular complexity index is 783. The third-order valence-electron chi connectivity index (χ3n) is 3.18. The van der Waals surface area contributed by atoms with Crippen LogP contribution in [0.4, 0.5) is 5.95 Å². The number of fused-ring (bicyclic) bond motifs is 1. The van der Waals surface area contributed by atoms with Crippen LogP contribution in [-0.2, 0) is 0 Å². The fourth-order valence-electron chi connectivity index (χ4n) is 2.07. The molecular weight excluding hydrogens is 306 g/mol. The first-order chi connectivity index (χ1) is 10.1. The summed E-state index contributed by atoms with van der Waals surface area (Å²) in [5, 5.41) is 3.44. The van der Waals surface area contributed by atoms with Gasteiger partial charge in [0.2, 0.25) is 5.95 Å². The van der Waals surface area contributed by atoms with Crippen molar-refractivity contribution in [2.45, 2.75) is 0 Å². The van der Waals surface area contributed by atoms with Crippen LogP contribution >= 0.6 is 22.9 Å². The number of hydrogen-bond acceptors (Lipinski definition) is 5. The van der Waals surface area contributed by atoms with Crippen molar-refractivity contribution in [3.63, 3.8) is 0 Å². The van der Waals surface area contributed by atoms with E-state index in [-0.39, 0.29) is 0 Å². The van der Waals surface area contributed by atoms with Gasteiger partial charge in [-0.25, -0.2) is 9.97 Å². The maximum atomic E-state index is 6.37. The summed E-state index contributed by atoms with van der Waals surface area (Å²) < 4.78 is 5.19. The smallest absolute Gasteiger partial charge is 0.227 e. The number of halogens is 1. The lowest BCUT2D eigenvalue weighted by Gasteiger charge is -2.10. The van der Waals surface area contributed by atoms with Gasteiger partial charge in [-0.05, 0) is 17.7 Å². The molecule has 3 aromatic rings. The monoisotopic (exact) mass is 319 g/mol. The zero-order chi connectivity index (χ0) is 15.0. The fraction of sp³-hybridized carbons (Fsp3) is 0.200. The Morgan fingerprint density at radius 2 is 1.86 bits per heavy atom. The van der Waals surface area contributed by atoms with Crippen molar-refractivity contribution < 1.29 is 4.74 Å². The molecule has 0 saturated carbocycles. The summed E-state index contributed by atoms with van der Waals surface area (Å²) in [5.41, 5.74) is 2.12. The Morgan fingerprint density at radius 1 is 1.14 bits per heavy atom. The lowest BCUT2D eigenvalue weighted by molar-refractivity contribution is 0.415. The molecule has 0 aliphatic carbocycles. The van der Waals surface area contributed by atoms with Crippen molar-refractivity contribution in [2.24, 2.45) is 0 Å². The van der Waals surface area contributed by atoms with Crippen LogP contribution in [0.5, 0.6) is 5.75 Å². The number of anilines is 1. The fourth-order valence-corrected chi connectivity index (χ4v) is 3.34. The Morgan fingerprint density at radius 3 is 2.48 bits per heavy atom. The number of methoxy groups -OCH3 is 1. The topological polar surface area (TPSA) is 38.2 Å². The lowest BCUT2D eigenvalue weighted by Crippen LogP contribution is -2.12. The van der Waals surface area contributed by atoms with Crippen LogP contribution < -0.4 is 9.64 Å². The minimum atomic E-state index is 0.482. The Hall–Kier alpha value is -1.85. The normalized spacial score (nSPS) is 10.9. The van der Waals surface area contributed by atoms with Crippen LogP contribution in [0.1, 0.15) is 0 Å². The molecule has 0 N–H and O–H groups in total. The second kappa shape index (κ2) is 5.50. The largest absolute Gasteiger partial charge is 0.497 e. The molecule has 0 aliphatic rings. The molecule has 0 radical (unpaired) electrons. The van der Waals surface area contributed by atoms with Gasteiger partial charge in [-0.2, -0.15) is 0 Å². The average Bonchev–Trinajstić information content (AvgIpc) is 2.91. The van der Waals surface area contributed by atoms with E-state index in [1.54, 1.807) is 18.4 Å². The van der Waals surface area contributed by atoms with Crippen LogP contribution in [0.2, 0.25) is 5.15 Å². The Balaban J connectivity index is 2.15. The molecule has 0 bridgehead atoms. The minimum Gasteiger partial charge on any atom is -0.497 e. The SMILES string of the molecule is COc1ccc(-c2csc3nc(N(C)C)nc(Cl)c23)cc1. The summed E-state index contributed by atoms with van der Waals surface area (Å²) in [7, 11) is 5.45. The highest BCUT2D eigenvalue weighted by molar-refractivity contribution is 7.17. The highest BCUT2D eigenvalue weighted by Crippen LogP contribution is 2.37. The van der Waals surface area contributed by atoms with Crippen molar-refractivity contribution in [3.8, 4) is 16.9 Å². The maximum Gasteiger partial charge on any atom is 0.227 e. The second-order valence-electron chi connectivity index (χ2n) is 4.77. The molecule has 0 fully saturated rings. The van der Waals surface area contributed by atoms with Gasteiger partial charge >= 0.3 is 0 Å². The zero-order valence-electron chi connectivity index (χ0n) is 11.9. The average molecular weight is 320 g/mol. The third kappa shape index (κ3) is 2.54. The van der Waals surface area contributed by atoms with E-state index >= 15 is 0 Å². The number of rotatable bonds is 3. The van der Waals surface area contributed by atoms with E-state index in [0.717, 1.165) is 27.1 Å². The van der Waals surface area contributed by atoms with Crippen LogP contribution in [0.25, 0.3) is 21.3 Å². The third-order valence-corrected chi connectivity index (χ3v) is 4.32. The summed E-state index contributed by atoms with van der Waals surface area (Å²) in [6.45, 7) is 0. The first-order valence-corrected chi connectivity index (χ1v) is 7.62. The zero-order valence-corrected chi connectivity index (χ0v) is 13.5. The van der Waals surface area contributed by atoms with E-state index < -0.39 is 0 Å². The van der Waals surface area contributed by atoms with Crippen molar-refractivity contribution in [1.82, 2.24) is 9.97 Å². The van der Waals surface area contributed by atoms with Crippen molar-refractivity contribution in [3.05, 3.63) is 34.8 Å². The van der Waals surface area contributed by atoms with Crippen LogP contribution in [0, 0.1) is 0 Å². The van der Waals surface area contributed by atoms with Crippen molar-refractivity contribution in [2.75, 3.05) is 26.1 Å². The molecule has 2 aromatic heterocycles. The summed E-state index contributed by atoms with van der Waals surface area (Å²) in [6, 6.07) is 7.89. The summed E-state index contributed by atoms with van der Waals surface area (Å²) in [4.78, 5) is 11.6. The molecule has 0 amide bonds. The van der Waals surface area contributed by atoms with Gasteiger partial charge in [0, 0.05) is 25.0 Å².